The van der Waals surface area contributed by atoms with Gasteiger partial charge >= 0.3 is 6.18 Å². The molecule has 6 nitrogen and oxygen atoms in total. The molecule has 2 rings (SSSR count). The third-order valence-corrected chi connectivity index (χ3v) is 3.66. The van der Waals surface area contributed by atoms with Crippen molar-refractivity contribution in [3.8, 4) is 5.75 Å². The van der Waals surface area contributed by atoms with Crippen molar-refractivity contribution in [3.63, 3.8) is 0 Å². The SMILES string of the molecule is CCC(=O)c1ccc(OCC(=O)Nc2nnc(C(F)(F)F)s2)cc1. The summed E-state index contributed by atoms with van der Waals surface area (Å²) in [6.07, 6.45) is -4.22. The molecule has 2 aromatic rings. The molecule has 1 N–H and O–H groups in total. The largest absolute Gasteiger partial charge is 0.484 e. The Balaban J connectivity index is 1.87. The highest BCUT2D eigenvalue weighted by atomic mass is 32.1. The molecule has 24 heavy (non-hydrogen) atoms. The molecule has 1 aromatic heterocycles. The number of anilines is 1. The van der Waals surface area contributed by atoms with E-state index >= 15 is 0 Å². The monoisotopic (exact) mass is 359 g/mol. The molecule has 0 radical (unpaired) electrons. The summed E-state index contributed by atoms with van der Waals surface area (Å²) in [6, 6.07) is 6.20. The number of ketones is 1. The van der Waals surface area contributed by atoms with E-state index in [9.17, 15) is 22.8 Å². The fourth-order valence-corrected chi connectivity index (χ4v) is 2.26. The number of halogens is 3. The molecule has 1 amide bonds. The van der Waals surface area contributed by atoms with Crippen LogP contribution < -0.4 is 10.1 Å². The first-order valence-electron chi connectivity index (χ1n) is 6.76. The first-order chi connectivity index (χ1) is 11.3. The highest BCUT2D eigenvalue weighted by Crippen LogP contribution is 2.32. The summed E-state index contributed by atoms with van der Waals surface area (Å²) in [6.45, 7) is 1.33. The van der Waals surface area contributed by atoms with Crippen LogP contribution in [-0.2, 0) is 11.0 Å². The second-order valence-corrected chi connectivity index (χ2v) is 5.53. The quantitative estimate of drug-likeness (QED) is 0.801. The molecular weight excluding hydrogens is 347 g/mol. The van der Waals surface area contributed by atoms with Gasteiger partial charge in [-0.15, -0.1) is 10.2 Å². The zero-order chi connectivity index (χ0) is 17.7. The van der Waals surface area contributed by atoms with E-state index in [0.717, 1.165) is 0 Å². The maximum Gasteiger partial charge on any atom is 0.445 e. The fraction of sp³-hybridized carbons (Fsp3) is 0.286. The Morgan fingerprint density at radius 1 is 1.21 bits per heavy atom. The van der Waals surface area contributed by atoms with Crippen LogP contribution in [0.25, 0.3) is 0 Å². The number of carbonyl (C=O) groups is 2. The Hall–Kier alpha value is -2.49. The molecule has 0 atom stereocenters. The summed E-state index contributed by atoms with van der Waals surface area (Å²) in [5.74, 6) is -0.337. The Labute approximate surface area is 138 Å². The predicted octanol–water partition coefficient (Wildman–Crippen LogP) is 3.17. The van der Waals surface area contributed by atoms with Crippen LogP contribution in [0.2, 0.25) is 0 Å². The molecule has 0 unspecified atom stereocenters. The van der Waals surface area contributed by atoms with E-state index in [2.05, 4.69) is 15.5 Å². The van der Waals surface area contributed by atoms with Gasteiger partial charge in [-0.3, -0.25) is 14.9 Å². The van der Waals surface area contributed by atoms with Crippen LogP contribution in [0.3, 0.4) is 0 Å². The van der Waals surface area contributed by atoms with Crippen molar-refractivity contribution < 1.29 is 27.5 Å². The summed E-state index contributed by atoms with van der Waals surface area (Å²) in [5, 5.41) is 6.95. The molecule has 10 heteroatoms. The van der Waals surface area contributed by atoms with Crippen LogP contribution in [0.1, 0.15) is 28.7 Å². The molecule has 1 aromatic carbocycles. The third-order valence-electron chi connectivity index (χ3n) is 2.78. The van der Waals surface area contributed by atoms with Crippen LogP contribution in [-0.4, -0.2) is 28.5 Å². The van der Waals surface area contributed by atoms with Crippen molar-refractivity contribution in [2.24, 2.45) is 0 Å². The molecule has 0 saturated heterocycles. The zero-order valence-electron chi connectivity index (χ0n) is 12.4. The predicted molar refractivity (Wildman–Crippen MR) is 80.1 cm³/mol. The summed E-state index contributed by atoms with van der Waals surface area (Å²) in [5.41, 5.74) is 0.530. The van der Waals surface area contributed by atoms with Gasteiger partial charge in [-0.25, -0.2) is 0 Å². The topological polar surface area (TPSA) is 81.2 Å². The Morgan fingerprint density at radius 3 is 2.42 bits per heavy atom. The molecule has 128 valence electrons. The second kappa shape index (κ2) is 7.39. The molecule has 0 aliphatic rings. The number of hydrogen-bond acceptors (Lipinski definition) is 6. The van der Waals surface area contributed by atoms with E-state index in [4.69, 9.17) is 4.74 Å². The van der Waals surface area contributed by atoms with Crippen molar-refractivity contribution in [3.05, 3.63) is 34.8 Å². The minimum absolute atomic E-state index is 0.0176. The van der Waals surface area contributed by atoms with E-state index in [1.54, 1.807) is 19.1 Å². The highest BCUT2D eigenvalue weighted by Gasteiger charge is 2.35. The number of nitrogens with zero attached hydrogens (tertiary/aromatic N) is 2. The normalized spacial score (nSPS) is 11.2. The second-order valence-electron chi connectivity index (χ2n) is 4.55. The number of Topliss-reactive ketones (excluding diaryl/α,β-unsaturated/α-hetero) is 1. The summed E-state index contributed by atoms with van der Waals surface area (Å²) >= 11 is 0.225. The number of nitrogens with one attached hydrogen (secondary N) is 1. The summed E-state index contributed by atoms with van der Waals surface area (Å²) in [4.78, 5) is 23.1. The molecule has 0 aliphatic heterocycles. The van der Waals surface area contributed by atoms with Gasteiger partial charge in [-0.05, 0) is 24.3 Å². The van der Waals surface area contributed by atoms with Gasteiger partial charge in [0.25, 0.3) is 5.91 Å². The van der Waals surface area contributed by atoms with Crippen molar-refractivity contribution in [2.45, 2.75) is 19.5 Å². The Bertz CT molecular complexity index is 729. The molecule has 0 fully saturated rings. The highest BCUT2D eigenvalue weighted by molar-refractivity contribution is 7.15. The molecule has 0 aliphatic carbocycles. The Morgan fingerprint density at radius 2 is 1.88 bits per heavy atom. The first-order valence-corrected chi connectivity index (χ1v) is 7.58. The average molecular weight is 359 g/mol. The van der Waals surface area contributed by atoms with Crippen molar-refractivity contribution in [1.29, 1.82) is 0 Å². The molecule has 0 saturated carbocycles. The minimum Gasteiger partial charge on any atom is -0.484 e. The van der Waals surface area contributed by atoms with E-state index in [1.165, 1.54) is 12.1 Å². The van der Waals surface area contributed by atoms with Crippen LogP contribution in [0.4, 0.5) is 18.3 Å². The van der Waals surface area contributed by atoms with Gasteiger partial charge in [0.1, 0.15) is 5.75 Å². The number of benzene rings is 1. The number of ether oxygens (including phenoxy) is 1. The van der Waals surface area contributed by atoms with Crippen LogP contribution in [0.5, 0.6) is 5.75 Å². The zero-order valence-corrected chi connectivity index (χ0v) is 13.2. The van der Waals surface area contributed by atoms with Gasteiger partial charge in [0, 0.05) is 12.0 Å². The van der Waals surface area contributed by atoms with Gasteiger partial charge in [0.15, 0.2) is 12.4 Å². The summed E-state index contributed by atoms with van der Waals surface area (Å²) < 4.78 is 42.3. The number of alkyl halides is 3. The Kier molecular flexibility index (Phi) is 5.50. The number of rotatable bonds is 6. The fourth-order valence-electron chi connectivity index (χ4n) is 1.63. The van der Waals surface area contributed by atoms with E-state index in [1.807, 2.05) is 0 Å². The van der Waals surface area contributed by atoms with Gasteiger partial charge in [0.2, 0.25) is 10.1 Å². The number of aromatic nitrogens is 2. The first kappa shape index (κ1) is 17.9. The maximum absolute atomic E-state index is 12.4. The molecular formula is C14H12F3N3O3S. The number of amides is 1. The smallest absolute Gasteiger partial charge is 0.445 e. The van der Waals surface area contributed by atoms with Crippen LogP contribution in [0.15, 0.2) is 24.3 Å². The lowest BCUT2D eigenvalue weighted by Crippen LogP contribution is -2.20. The van der Waals surface area contributed by atoms with Gasteiger partial charge in [-0.1, -0.05) is 18.3 Å². The summed E-state index contributed by atoms with van der Waals surface area (Å²) in [7, 11) is 0. The van der Waals surface area contributed by atoms with Crippen LogP contribution >= 0.6 is 11.3 Å². The van der Waals surface area contributed by atoms with Crippen molar-refractivity contribution in [2.75, 3.05) is 11.9 Å². The lowest BCUT2D eigenvalue weighted by Gasteiger charge is -2.06. The standard InChI is InChI=1S/C14H12F3N3O3S/c1-2-10(21)8-3-5-9(6-4-8)23-7-11(22)18-13-20-19-12(24-13)14(15,16)17/h3-6H,2,7H2,1H3,(H,18,20,22). The van der Waals surface area contributed by atoms with Gasteiger partial charge in [0.05, 0.1) is 0 Å². The lowest BCUT2D eigenvalue weighted by molar-refractivity contribution is -0.138. The third kappa shape index (κ3) is 4.75. The maximum atomic E-state index is 12.4. The molecule has 1 heterocycles. The van der Waals surface area contributed by atoms with Gasteiger partial charge in [-0.2, -0.15) is 13.2 Å². The lowest BCUT2D eigenvalue weighted by atomic mass is 10.1. The average Bonchev–Trinajstić information content (AvgIpc) is 3.01. The number of carbonyl (C=O) groups excluding carboxylic acids is 2. The van der Waals surface area contributed by atoms with Gasteiger partial charge < -0.3 is 4.74 Å². The minimum atomic E-state index is -4.60. The molecule has 0 bridgehead atoms. The van der Waals surface area contributed by atoms with Crippen LogP contribution in [0, 0.1) is 0 Å². The van der Waals surface area contributed by atoms with Crippen molar-refractivity contribution >= 4 is 28.2 Å². The van der Waals surface area contributed by atoms with Crippen molar-refractivity contribution in [1.82, 2.24) is 10.2 Å². The van der Waals surface area contributed by atoms with E-state index < -0.39 is 23.7 Å². The van der Waals surface area contributed by atoms with E-state index in [0.29, 0.717) is 17.7 Å². The van der Waals surface area contributed by atoms with E-state index in [-0.39, 0.29) is 22.3 Å². The molecule has 0 spiro atoms. The number of hydrogen-bond donors (Lipinski definition) is 1.